The molecule has 0 bridgehead atoms. The summed E-state index contributed by atoms with van der Waals surface area (Å²) < 4.78 is 0. The molecule has 4 heteroatoms. The second-order valence-electron chi connectivity index (χ2n) is 4.62. The molecule has 1 aliphatic heterocycles. The highest BCUT2D eigenvalue weighted by molar-refractivity contribution is 5.43. The average molecular weight is 222 g/mol. The van der Waals surface area contributed by atoms with Crippen LogP contribution in [0.25, 0.3) is 0 Å². The van der Waals surface area contributed by atoms with E-state index >= 15 is 0 Å². The van der Waals surface area contributed by atoms with E-state index in [1.165, 1.54) is 24.9 Å². The molecule has 0 amide bonds. The smallest absolute Gasteiger partial charge is 0.0752 e. The molecule has 2 heterocycles. The van der Waals surface area contributed by atoms with Gasteiger partial charge in [-0.25, -0.2) is 0 Å². The number of hydrogen-bond donors (Lipinski definition) is 2. The van der Waals surface area contributed by atoms with Crippen molar-refractivity contribution in [3.8, 4) is 0 Å². The van der Waals surface area contributed by atoms with Crippen molar-refractivity contribution in [3.05, 3.63) is 12.4 Å². The summed E-state index contributed by atoms with van der Waals surface area (Å²) in [6.07, 6.45) is 8.89. The zero-order valence-corrected chi connectivity index (χ0v) is 10.0. The highest BCUT2D eigenvalue weighted by Gasteiger charge is 2.27. The lowest BCUT2D eigenvalue weighted by Gasteiger charge is -2.34. The first kappa shape index (κ1) is 11.5. The quantitative estimate of drug-likeness (QED) is 0.819. The Balaban J connectivity index is 2.19. The van der Waals surface area contributed by atoms with Crippen molar-refractivity contribution in [2.75, 3.05) is 18.0 Å². The van der Waals surface area contributed by atoms with Crippen LogP contribution in [0.5, 0.6) is 0 Å². The van der Waals surface area contributed by atoms with Crippen molar-refractivity contribution in [3.63, 3.8) is 0 Å². The zero-order valence-electron chi connectivity index (χ0n) is 10.0. The molecule has 1 aromatic heterocycles. The van der Waals surface area contributed by atoms with Crippen molar-refractivity contribution in [1.29, 1.82) is 0 Å². The summed E-state index contributed by atoms with van der Waals surface area (Å²) >= 11 is 0. The summed E-state index contributed by atoms with van der Waals surface area (Å²) in [7, 11) is 0. The van der Waals surface area contributed by atoms with Crippen LogP contribution in [0.15, 0.2) is 12.4 Å². The van der Waals surface area contributed by atoms with Crippen LogP contribution in [0, 0.1) is 5.92 Å². The van der Waals surface area contributed by atoms with E-state index in [9.17, 15) is 0 Å². The van der Waals surface area contributed by atoms with Gasteiger partial charge in [-0.05, 0) is 31.7 Å². The molecule has 4 nitrogen and oxygen atoms in total. The molecule has 0 unspecified atom stereocenters. The van der Waals surface area contributed by atoms with E-state index in [1.807, 2.05) is 12.4 Å². The molecule has 1 fully saturated rings. The van der Waals surface area contributed by atoms with E-state index in [4.69, 9.17) is 5.73 Å². The Morgan fingerprint density at radius 1 is 1.56 bits per heavy atom. The summed E-state index contributed by atoms with van der Waals surface area (Å²) in [5.74, 6) is 0.627. The third kappa shape index (κ3) is 2.21. The molecule has 1 aromatic rings. The first-order chi connectivity index (χ1) is 7.86. The monoisotopic (exact) mass is 222 g/mol. The van der Waals surface area contributed by atoms with Crippen molar-refractivity contribution < 1.29 is 0 Å². The number of anilines is 1. The van der Waals surface area contributed by atoms with Crippen LogP contribution in [0.1, 0.15) is 32.6 Å². The first-order valence-corrected chi connectivity index (χ1v) is 6.32. The lowest BCUT2D eigenvalue weighted by atomic mass is 9.93. The van der Waals surface area contributed by atoms with Crippen LogP contribution >= 0.6 is 0 Å². The molecule has 3 N–H and O–H groups in total. The number of aromatic amines is 1. The summed E-state index contributed by atoms with van der Waals surface area (Å²) in [6.45, 7) is 4.19. The Morgan fingerprint density at radius 3 is 3.06 bits per heavy atom. The number of H-pyrrole nitrogens is 1. The van der Waals surface area contributed by atoms with Crippen molar-refractivity contribution in [2.24, 2.45) is 11.7 Å². The molecule has 0 saturated carbocycles. The fourth-order valence-corrected chi connectivity index (χ4v) is 2.85. The molecule has 1 aliphatic rings. The fourth-order valence-electron chi connectivity index (χ4n) is 2.85. The molecular weight excluding hydrogens is 200 g/mol. The second kappa shape index (κ2) is 5.34. The molecule has 2 atom stereocenters. The number of hydrogen-bond acceptors (Lipinski definition) is 3. The SMILES string of the molecule is CC[C@@H]1[C@@H](CN)CCCCN1c1cn[nH]c1. The largest absolute Gasteiger partial charge is 0.366 e. The Kier molecular flexibility index (Phi) is 3.83. The Labute approximate surface area is 97.2 Å². The molecule has 2 rings (SSSR count). The highest BCUT2D eigenvalue weighted by Crippen LogP contribution is 2.28. The van der Waals surface area contributed by atoms with Crippen LogP contribution in [-0.4, -0.2) is 29.3 Å². The summed E-state index contributed by atoms with van der Waals surface area (Å²) in [5, 5.41) is 6.95. The number of nitrogens with two attached hydrogens (primary N) is 1. The van der Waals surface area contributed by atoms with E-state index < -0.39 is 0 Å². The predicted molar refractivity (Wildman–Crippen MR) is 66.4 cm³/mol. The minimum absolute atomic E-state index is 0.574. The average Bonchev–Trinajstić information content (AvgIpc) is 2.75. The van der Waals surface area contributed by atoms with Crippen LogP contribution in [0.4, 0.5) is 5.69 Å². The van der Waals surface area contributed by atoms with Gasteiger partial charge in [-0.1, -0.05) is 13.3 Å². The van der Waals surface area contributed by atoms with Gasteiger partial charge >= 0.3 is 0 Å². The lowest BCUT2D eigenvalue weighted by molar-refractivity contribution is 0.392. The Hall–Kier alpha value is -1.03. The Bertz CT molecular complexity index is 296. The van der Waals surface area contributed by atoms with Crippen LogP contribution in [0.3, 0.4) is 0 Å². The zero-order chi connectivity index (χ0) is 11.4. The van der Waals surface area contributed by atoms with Gasteiger partial charge in [0.15, 0.2) is 0 Å². The molecule has 0 spiro atoms. The number of nitrogens with zero attached hydrogens (tertiary/aromatic N) is 2. The number of nitrogens with one attached hydrogen (secondary N) is 1. The molecular formula is C12H22N4. The van der Waals surface area contributed by atoms with Gasteiger partial charge in [0.2, 0.25) is 0 Å². The van der Waals surface area contributed by atoms with Crippen LogP contribution in [-0.2, 0) is 0 Å². The Morgan fingerprint density at radius 2 is 2.44 bits per heavy atom. The van der Waals surface area contributed by atoms with E-state index in [0.29, 0.717) is 12.0 Å². The van der Waals surface area contributed by atoms with Crippen LogP contribution in [0.2, 0.25) is 0 Å². The van der Waals surface area contributed by atoms with Crippen molar-refractivity contribution >= 4 is 5.69 Å². The van der Waals surface area contributed by atoms with Gasteiger partial charge < -0.3 is 10.6 Å². The lowest BCUT2D eigenvalue weighted by Crippen LogP contribution is -2.42. The number of aromatic nitrogens is 2. The van der Waals surface area contributed by atoms with Gasteiger partial charge in [0, 0.05) is 18.8 Å². The molecule has 90 valence electrons. The first-order valence-electron chi connectivity index (χ1n) is 6.32. The van der Waals surface area contributed by atoms with Gasteiger partial charge in [0.25, 0.3) is 0 Å². The minimum atomic E-state index is 0.574. The molecule has 1 saturated heterocycles. The molecule has 0 aromatic carbocycles. The summed E-state index contributed by atoms with van der Waals surface area (Å²) in [4.78, 5) is 2.48. The van der Waals surface area contributed by atoms with Gasteiger partial charge in [0.1, 0.15) is 0 Å². The van der Waals surface area contributed by atoms with Crippen molar-refractivity contribution in [1.82, 2.24) is 10.2 Å². The van der Waals surface area contributed by atoms with Gasteiger partial charge in [-0.15, -0.1) is 0 Å². The van der Waals surface area contributed by atoms with Gasteiger partial charge in [-0.2, -0.15) is 5.10 Å². The fraction of sp³-hybridized carbons (Fsp3) is 0.750. The second-order valence-corrected chi connectivity index (χ2v) is 4.62. The topological polar surface area (TPSA) is 57.9 Å². The third-order valence-corrected chi connectivity index (χ3v) is 3.70. The van der Waals surface area contributed by atoms with E-state index in [-0.39, 0.29) is 0 Å². The maximum absolute atomic E-state index is 5.90. The minimum Gasteiger partial charge on any atom is -0.366 e. The van der Waals surface area contributed by atoms with Crippen LogP contribution < -0.4 is 10.6 Å². The summed E-state index contributed by atoms with van der Waals surface area (Å²) in [6, 6.07) is 0.574. The van der Waals surface area contributed by atoms with Crippen molar-refractivity contribution in [2.45, 2.75) is 38.6 Å². The third-order valence-electron chi connectivity index (χ3n) is 3.70. The maximum atomic E-state index is 5.90. The van der Waals surface area contributed by atoms with Gasteiger partial charge in [0.05, 0.1) is 11.9 Å². The predicted octanol–water partition coefficient (Wildman–Crippen LogP) is 1.75. The molecule has 0 aliphatic carbocycles. The van der Waals surface area contributed by atoms with Gasteiger partial charge in [-0.3, -0.25) is 5.10 Å². The highest BCUT2D eigenvalue weighted by atomic mass is 15.2. The maximum Gasteiger partial charge on any atom is 0.0752 e. The van der Waals surface area contributed by atoms with E-state index in [2.05, 4.69) is 22.0 Å². The summed E-state index contributed by atoms with van der Waals surface area (Å²) in [5.41, 5.74) is 7.12. The normalized spacial score (nSPS) is 26.8. The number of rotatable bonds is 3. The standard InChI is InChI=1S/C12H22N4/c1-2-12-10(7-13)5-3-4-6-16(12)11-8-14-15-9-11/h8-10,12H,2-7,13H2,1H3,(H,14,15)/t10-,12-/m1/s1. The molecule has 16 heavy (non-hydrogen) atoms. The molecule has 0 radical (unpaired) electrons. The van der Waals surface area contributed by atoms with E-state index in [0.717, 1.165) is 19.5 Å². The van der Waals surface area contributed by atoms with E-state index in [1.54, 1.807) is 0 Å².